The smallest absolute Gasteiger partial charge is 0.351 e. The van der Waals surface area contributed by atoms with Gasteiger partial charge < -0.3 is 21.3 Å². The van der Waals surface area contributed by atoms with Gasteiger partial charge in [0.2, 0.25) is 0 Å². The van der Waals surface area contributed by atoms with Crippen LogP contribution in [0.3, 0.4) is 0 Å². The largest absolute Gasteiger partial charge is 0.416 e. The fraction of sp³-hybridized carbons (Fsp3) is 0.263. The molecule has 156 valence electrons. The fourth-order valence-electron chi connectivity index (χ4n) is 3.07. The molecule has 2 aromatic rings. The molecule has 1 unspecified atom stereocenters. The lowest BCUT2D eigenvalue weighted by atomic mass is 10.0. The number of anilines is 1. The minimum atomic E-state index is -4.43. The molecule has 0 saturated carbocycles. The Kier molecular flexibility index (Phi) is 7.10. The molecular weight excluding hydrogens is 409 g/mol. The van der Waals surface area contributed by atoms with E-state index in [2.05, 4.69) is 10.6 Å². The topological polar surface area (TPSA) is 87.5 Å². The van der Waals surface area contributed by atoms with Gasteiger partial charge >= 0.3 is 12.2 Å². The van der Waals surface area contributed by atoms with Crippen LogP contribution >= 0.6 is 12.4 Å². The van der Waals surface area contributed by atoms with E-state index in [4.69, 9.17) is 5.73 Å². The van der Waals surface area contributed by atoms with Crippen molar-refractivity contribution in [3.05, 3.63) is 65.2 Å². The van der Waals surface area contributed by atoms with Gasteiger partial charge in [0, 0.05) is 30.9 Å². The number of carbonyl (C=O) groups is 2. The molecule has 2 aromatic carbocycles. The molecule has 0 bridgehead atoms. The second-order valence-corrected chi connectivity index (χ2v) is 6.40. The van der Waals surface area contributed by atoms with Crippen molar-refractivity contribution in [3.63, 3.8) is 0 Å². The summed E-state index contributed by atoms with van der Waals surface area (Å²) in [4.78, 5) is 25.5. The molecule has 3 amide bonds. The Hall–Kier alpha value is -2.78. The number of hydrogen-bond donors (Lipinski definition) is 3. The van der Waals surface area contributed by atoms with Gasteiger partial charge in [-0.2, -0.15) is 13.2 Å². The maximum Gasteiger partial charge on any atom is 0.416 e. The molecule has 0 aromatic heterocycles. The molecule has 4 N–H and O–H groups in total. The van der Waals surface area contributed by atoms with E-state index in [0.29, 0.717) is 25.2 Å². The number of benzene rings is 2. The number of nitrogens with two attached hydrogens (primary N) is 1. The standard InChI is InChI=1S/C19H19F3N4O2.ClH/c20-19(21,22)14-5-7-15(8-6-14)25-17(27)13-3-1-12(2-4-13)16-11-24-9-10-26(16)18(23)28;/h1-8,16,24H,9-11H2,(H2,23,28)(H,25,27);1H. The van der Waals surface area contributed by atoms with Gasteiger partial charge in [0.05, 0.1) is 11.6 Å². The molecule has 0 aliphatic carbocycles. The second kappa shape index (κ2) is 9.15. The Labute approximate surface area is 171 Å². The number of piperazine rings is 1. The average Bonchev–Trinajstić information content (AvgIpc) is 2.68. The highest BCUT2D eigenvalue weighted by molar-refractivity contribution is 6.04. The van der Waals surface area contributed by atoms with Crippen molar-refractivity contribution >= 4 is 30.0 Å². The monoisotopic (exact) mass is 428 g/mol. The predicted molar refractivity (Wildman–Crippen MR) is 105 cm³/mol. The Morgan fingerprint density at radius 2 is 1.69 bits per heavy atom. The van der Waals surface area contributed by atoms with Gasteiger partial charge in [-0.05, 0) is 42.0 Å². The fourth-order valence-corrected chi connectivity index (χ4v) is 3.07. The van der Waals surface area contributed by atoms with Gasteiger partial charge in [-0.3, -0.25) is 4.79 Å². The lowest BCUT2D eigenvalue weighted by molar-refractivity contribution is -0.137. The van der Waals surface area contributed by atoms with Crippen LogP contribution in [0.2, 0.25) is 0 Å². The van der Waals surface area contributed by atoms with Crippen LogP contribution in [-0.2, 0) is 6.18 Å². The zero-order chi connectivity index (χ0) is 20.3. The van der Waals surface area contributed by atoms with E-state index >= 15 is 0 Å². The summed E-state index contributed by atoms with van der Waals surface area (Å²) in [6.45, 7) is 1.71. The van der Waals surface area contributed by atoms with E-state index in [9.17, 15) is 22.8 Å². The second-order valence-electron chi connectivity index (χ2n) is 6.40. The molecule has 1 heterocycles. The molecule has 10 heteroatoms. The van der Waals surface area contributed by atoms with Crippen LogP contribution in [0.1, 0.15) is 27.5 Å². The van der Waals surface area contributed by atoms with E-state index in [0.717, 1.165) is 17.7 Å². The molecule has 6 nitrogen and oxygen atoms in total. The van der Waals surface area contributed by atoms with E-state index in [1.807, 2.05) is 0 Å². The normalized spacial score (nSPS) is 16.7. The van der Waals surface area contributed by atoms with Crippen LogP contribution in [0.4, 0.5) is 23.7 Å². The Balaban J connectivity index is 0.00000300. The van der Waals surface area contributed by atoms with Crippen LogP contribution in [0.15, 0.2) is 48.5 Å². The SMILES string of the molecule is Cl.NC(=O)N1CCNCC1c1ccc(C(=O)Nc2ccc(C(F)(F)F)cc2)cc1. The van der Waals surface area contributed by atoms with Gasteiger partial charge in [-0.1, -0.05) is 12.1 Å². The van der Waals surface area contributed by atoms with E-state index in [-0.39, 0.29) is 24.1 Å². The molecule has 3 rings (SSSR count). The van der Waals surface area contributed by atoms with Crippen molar-refractivity contribution in [2.75, 3.05) is 25.0 Å². The summed E-state index contributed by atoms with van der Waals surface area (Å²) in [6.07, 6.45) is -4.43. The van der Waals surface area contributed by atoms with Crippen LogP contribution in [0.5, 0.6) is 0 Å². The van der Waals surface area contributed by atoms with Crippen molar-refractivity contribution in [3.8, 4) is 0 Å². The number of primary amides is 1. The lowest BCUT2D eigenvalue weighted by Gasteiger charge is -2.35. The van der Waals surface area contributed by atoms with E-state index in [1.54, 1.807) is 29.2 Å². The summed E-state index contributed by atoms with van der Waals surface area (Å²) in [7, 11) is 0. The van der Waals surface area contributed by atoms with E-state index < -0.39 is 23.7 Å². The third kappa shape index (κ3) is 5.39. The Bertz CT molecular complexity index is 857. The van der Waals surface area contributed by atoms with Crippen LogP contribution in [-0.4, -0.2) is 36.5 Å². The summed E-state index contributed by atoms with van der Waals surface area (Å²) in [5.74, 6) is -0.445. The van der Waals surface area contributed by atoms with E-state index in [1.165, 1.54) is 12.1 Å². The first-order chi connectivity index (χ1) is 13.3. The summed E-state index contributed by atoms with van der Waals surface area (Å²) in [5, 5.41) is 5.75. The number of amides is 3. The Morgan fingerprint density at radius 3 is 2.24 bits per heavy atom. The van der Waals surface area contributed by atoms with Crippen molar-refractivity contribution in [2.24, 2.45) is 5.73 Å². The van der Waals surface area contributed by atoms with Crippen LogP contribution in [0, 0.1) is 0 Å². The summed E-state index contributed by atoms with van der Waals surface area (Å²) in [6, 6.07) is 10.2. The maximum absolute atomic E-state index is 12.6. The number of carbonyl (C=O) groups excluding carboxylic acids is 2. The highest BCUT2D eigenvalue weighted by Crippen LogP contribution is 2.30. The number of nitrogens with one attached hydrogen (secondary N) is 2. The van der Waals surface area contributed by atoms with Crippen molar-refractivity contribution in [2.45, 2.75) is 12.2 Å². The average molecular weight is 429 g/mol. The molecule has 1 aliphatic rings. The maximum atomic E-state index is 12.6. The molecule has 29 heavy (non-hydrogen) atoms. The first-order valence-electron chi connectivity index (χ1n) is 8.61. The molecule has 1 atom stereocenters. The van der Waals surface area contributed by atoms with Gasteiger partial charge in [0.25, 0.3) is 5.91 Å². The van der Waals surface area contributed by atoms with Gasteiger partial charge in [0.15, 0.2) is 0 Å². The van der Waals surface area contributed by atoms with Gasteiger partial charge in [0.1, 0.15) is 0 Å². The molecule has 0 spiro atoms. The third-order valence-electron chi connectivity index (χ3n) is 4.55. The van der Waals surface area contributed by atoms with Crippen molar-refractivity contribution in [1.29, 1.82) is 0 Å². The summed E-state index contributed by atoms with van der Waals surface area (Å²) < 4.78 is 37.8. The molecular formula is C19H20ClF3N4O2. The molecule has 1 saturated heterocycles. The highest BCUT2D eigenvalue weighted by Gasteiger charge is 2.30. The zero-order valence-electron chi connectivity index (χ0n) is 15.2. The third-order valence-corrected chi connectivity index (χ3v) is 4.55. The highest BCUT2D eigenvalue weighted by atomic mass is 35.5. The molecule has 1 fully saturated rings. The zero-order valence-corrected chi connectivity index (χ0v) is 16.0. The van der Waals surface area contributed by atoms with Crippen LogP contribution in [0.25, 0.3) is 0 Å². The predicted octanol–water partition coefficient (Wildman–Crippen LogP) is 3.40. The number of alkyl halides is 3. The Morgan fingerprint density at radius 1 is 1.07 bits per heavy atom. The first kappa shape index (κ1) is 22.5. The van der Waals surface area contributed by atoms with Crippen molar-refractivity contribution in [1.82, 2.24) is 10.2 Å². The summed E-state index contributed by atoms with van der Waals surface area (Å²) >= 11 is 0. The van der Waals surface area contributed by atoms with Crippen molar-refractivity contribution < 1.29 is 22.8 Å². The molecule has 0 radical (unpaired) electrons. The quantitative estimate of drug-likeness (QED) is 0.700. The number of hydrogen-bond acceptors (Lipinski definition) is 3. The minimum Gasteiger partial charge on any atom is -0.351 e. The number of halogens is 4. The number of nitrogens with zero attached hydrogens (tertiary/aromatic N) is 1. The number of urea groups is 1. The first-order valence-corrected chi connectivity index (χ1v) is 8.61. The number of rotatable bonds is 3. The van der Waals surface area contributed by atoms with Gasteiger partial charge in [-0.15, -0.1) is 12.4 Å². The summed E-state index contributed by atoms with van der Waals surface area (Å²) in [5.41, 5.74) is 6.08. The molecule has 1 aliphatic heterocycles. The van der Waals surface area contributed by atoms with Gasteiger partial charge in [-0.25, -0.2) is 4.79 Å². The van der Waals surface area contributed by atoms with Crippen LogP contribution < -0.4 is 16.4 Å². The minimum absolute atomic E-state index is 0. The lowest BCUT2D eigenvalue weighted by Crippen LogP contribution is -2.50.